The predicted molar refractivity (Wildman–Crippen MR) is 54.1 cm³/mol. The molecule has 15 heavy (non-hydrogen) atoms. The van der Waals surface area contributed by atoms with Gasteiger partial charge >= 0.3 is 5.97 Å². The van der Waals surface area contributed by atoms with Crippen molar-refractivity contribution in [2.24, 2.45) is 5.73 Å². The van der Waals surface area contributed by atoms with E-state index in [4.69, 9.17) is 20.3 Å². The summed E-state index contributed by atoms with van der Waals surface area (Å²) < 4.78 is 10.1. The molecule has 0 saturated carbocycles. The molecular formula is C10H13NO4. The van der Waals surface area contributed by atoms with Gasteiger partial charge in [-0.2, -0.15) is 0 Å². The van der Waals surface area contributed by atoms with Gasteiger partial charge in [0.2, 0.25) is 0 Å². The topological polar surface area (TPSA) is 81.8 Å². The molecule has 5 nitrogen and oxygen atoms in total. The summed E-state index contributed by atoms with van der Waals surface area (Å²) in [6.45, 7) is 0. The van der Waals surface area contributed by atoms with Gasteiger partial charge in [0.15, 0.2) is 0 Å². The first-order chi connectivity index (χ1) is 7.11. The lowest BCUT2D eigenvalue weighted by molar-refractivity contribution is -0.138. The van der Waals surface area contributed by atoms with Crippen molar-refractivity contribution in [3.05, 3.63) is 23.8 Å². The number of hydrogen-bond donors (Lipinski definition) is 2. The summed E-state index contributed by atoms with van der Waals surface area (Å²) in [5.74, 6) is -0.314. The second-order valence-electron chi connectivity index (χ2n) is 2.89. The van der Waals surface area contributed by atoms with Crippen molar-refractivity contribution in [1.29, 1.82) is 0 Å². The molecule has 0 radical (unpaired) electrons. The van der Waals surface area contributed by atoms with Crippen LogP contribution in [0, 0.1) is 0 Å². The third-order valence-corrected chi connectivity index (χ3v) is 2.04. The Bertz CT molecular complexity index is 342. The summed E-state index contributed by atoms with van der Waals surface area (Å²) >= 11 is 0. The first-order valence-corrected chi connectivity index (χ1v) is 4.31. The second-order valence-corrected chi connectivity index (χ2v) is 2.89. The number of aliphatic carboxylic acids is 1. The van der Waals surface area contributed by atoms with Crippen LogP contribution in [0.2, 0.25) is 0 Å². The summed E-state index contributed by atoms with van der Waals surface area (Å²) in [4.78, 5) is 10.8. The number of methoxy groups -OCH3 is 2. The van der Waals surface area contributed by atoms with Crippen LogP contribution in [-0.2, 0) is 4.79 Å². The zero-order valence-electron chi connectivity index (χ0n) is 8.56. The minimum absolute atomic E-state index is 0.343. The number of nitrogens with two attached hydrogens (primary N) is 1. The highest BCUT2D eigenvalue weighted by atomic mass is 16.5. The van der Waals surface area contributed by atoms with Gasteiger partial charge in [-0.05, 0) is 12.1 Å². The monoisotopic (exact) mass is 211 g/mol. The highest BCUT2D eigenvalue weighted by molar-refractivity contribution is 5.77. The number of rotatable bonds is 4. The molecule has 0 aliphatic rings. The number of carbonyl (C=O) groups is 1. The van der Waals surface area contributed by atoms with E-state index in [0.717, 1.165) is 0 Å². The van der Waals surface area contributed by atoms with Gasteiger partial charge < -0.3 is 20.3 Å². The first kappa shape index (κ1) is 11.3. The maximum atomic E-state index is 10.8. The Morgan fingerprint density at radius 2 is 1.80 bits per heavy atom. The highest BCUT2D eigenvalue weighted by Crippen LogP contribution is 2.32. The largest absolute Gasteiger partial charge is 0.496 e. The van der Waals surface area contributed by atoms with Gasteiger partial charge in [0.1, 0.15) is 17.5 Å². The van der Waals surface area contributed by atoms with Crippen molar-refractivity contribution in [3.8, 4) is 11.5 Å². The molecule has 5 heteroatoms. The number of carboxylic acid groups (broad SMARTS) is 1. The van der Waals surface area contributed by atoms with Gasteiger partial charge in [-0.15, -0.1) is 0 Å². The van der Waals surface area contributed by atoms with E-state index >= 15 is 0 Å². The Balaban J connectivity index is 3.27. The summed E-state index contributed by atoms with van der Waals surface area (Å²) in [5.41, 5.74) is 5.87. The first-order valence-electron chi connectivity index (χ1n) is 4.31. The van der Waals surface area contributed by atoms with Crippen molar-refractivity contribution in [1.82, 2.24) is 0 Å². The predicted octanol–water partition coefficient (Wildman–Crippen LogP) is 0.788. The fourth-order valence-electron chi connectivity index (χ4n) is 1.31. The Morgan fingerprint density at radius 3 is 2.13 bits per heavy atom. The zero-order valence-corrected chi connectivity index (χ0v) is 8.56. The van der Waals surface area contributed by atoms with Gasteiger partial charge in [0, 0.05) is 0 Å². The maximum Gasteiger partial charge on any atom is 0.325 e. The summed E-state index contributed by atoms with van der Waals surface area (Å²) in [6, 6.07) is 3.83. The lowest BCUT2D eigenvalue weighted by Gasteiger charge is -2.15. The molecule has 1 atom stereocenters. The van der Waals surface area contributed by atoms with Gasteiger partial charge in [0.25, 0.3) is 0 Å². The van der Waals surface area contributed by atoms with Crippen molar-refractivity contribution in [2.45, 2.75) is 6.04 Å². The summed E-state index contributed by atoms with van der Waals surface area (Å²) in [7, 11) is 2.90. The van der Waals surface area contributed by atoms with Gasteiger partial charge in [-0.3, -0.25) is 4.79 Å². The maximum absolute atomic E-state index is 10.8. The molecule has 0 fully saturated rings. The fraction of sp³-hybridized carbons (Fsp3) is 0.300. The Morgan fingerprint density at radius 1 is 1.33 bits per heavy atom. The van der Waals surface area contributed by atoms with Crippen LogP contribution in [0.5, 0.6) is 11.5 Å². The molecule has 1 aromatic carbocycles. The van der Waals surface area contributed by atoms with Crippen LogP contribution in [0.4, 0.5) is 0 Å². The quantitative estimate of drug-likeness (QED) is 0.769. The standard InChI is InChI=1S/C10H13NO4/c1-14-6-4-3-5-7(15-2)8(6)9(11)10(12)13/h3-5,9H,11H2,1-2H3,(H,12,13)/t9-/m0/s1. The lowest BCUT2D eigenvalue weighted by atomic mass is 10.1. The minimum atomic E-state index is -1.16. The Hall–Kier alpha value is -1.75. The van der Waals surface area contributed by atoms with Crippen LogP contribution in [0.15, 0.2) is 18.2 Å². The molecule has 0 amide bonds. The van der Waals surface area contributed by atoms with E-state index in [1.165, 1.54) is 14.2 Å². The molecule has 1 rings (SSSR count). The van der Waals surface area contributed by atoms with Crippen LogP contribution in [0.1, 0.15) is 11.6 Å². The van der Waals surface area contributed by atoms with E-state index < -0.39 is 12.0 Å². The van der Waals surface area contributed by atoms with Gasteiger partial charge in [0.05, 0.1) is 19.8 Å². The number of benzene rings is 1. The molecular weight excluding hydrogens is 198 g/mol. The third-order valence-electron chi connectivity index (χ3n) is 2.04. The van der Waals surface area contributed by atoms with Crippen molar-refractivity contribution in [2.75, 3.05) is 14.2 Å². The minimum Gasteiger partial charge on any atom is -0.496 e. The molecule has 82 valence electrons. The molecule has 1 aromatic rings. The van der Waals surface area contributed by atoms with Gasteiger partial charge in [-0.1, -0.05) is 6.07 Å². The average Bonchev–Trinajstić information content (AvgIpc) is 2.26. The van der Waals surface area contributed by atoms with E-state index in [-0.39, 0.29) is 0 Å². The molecule has 0 aromatic heterocycles. The fourth-order valence-corrected chi connectivity index (χ4v) is 1.31. The van der Waals surface area contributed by atoms with Gasteiger partial charge in [-0.25, -0.2) is 0 Å². The molecule has 0 unspecified atom stereocenters. The van der Waals surface area contributed by atoms with E-state index in [2.05, 4.69) is 0 Å². The van der Waals surface area contributed by atoms with E-state index in [0.29, 0.717) is 17.1 Å². The Labute approximate surface area is 87.4 Å². The number of ether oxygens (including phenoxy) is 2. The molecule has 0 aliphatic heterocycles. The average molecular weight is 211 g/mol. The highest BCUT2D eigenvalue weighted by Gasteiger charge is 2.22. The van der Waals surface area contributed by atoms with E-state index in [1.807, 2.05) is 0 Å². The smallest absolute Gasteiger partial charge is 0.325 e. The SMILES string of the molecule is COc1cccc(OC)c1[C@H](N)C(=O)O. The molecule has 0 bridgehead atoms. The summed E-state index contributed by atoms with van der Waals surface area (Å²) in [6.07, 6.45) is 0. The van der Waals surface area contributed by atoms with Crippen molar-refractivity contribution in [3.63, 3.8) is 0 Å². The van der Waals surface area contributed by atoms with Crippen LogP contribution >= 0.6 is 0 Å². The normalized spacial score (nSPS) is 11.9. The molecule has 3 N–H and O–H groups in total. The zero-order chi connectivity index (χ0) is 11.4. The van der Waals surface area contributed by atoms with E-state index in [9.17, 15) is 4.79 Å². The Kier molecular flexibility index (Phi) is 3.51. The van der Waals surface area contributed by atoms with Crippen LogP contribution < -0.4 is 15.2 Å². The molecule has 0 spiro atoms. The lowest BCUT2D eigenvalue weighted by Crippen LogP contribution is -2.22. The second kappa shape index (κ2) is 4.65. The number of carboxylic acids is 1. The molecule has 0 aliphatic carbocycles. The van der Waals surface area contributed by atoms with Crippen molar-refractivity contribution >= 4 is 5.97 Å². The van der Waals surface area contributed by atoms with Crippen LogP contribution in [0.3, 0.4) is 0 Å². The van der Waals surface area contributed by atoms with E-state index in [1.54, 1.807) is 18.2 Å². The molecule has 0 saturated heterocycles. The third kappa shape index (κ3) is 2.19. The van der Waals surface area contributed by atoms with Crippen LogP contribution in [-0.4, -0.2) is 25.3 Å². The summed E-state index contributed by atoms with van der Waals surface area (Å²) in [5, 5.41) is 8.84. The van der Waals surface area contributed by atoms with Crippen molar-refractivity contribution < 1.29 is 19.4 Å². The number of hydrogen-bond acceptors (Lipinski definition) is 4. The molecule has 0 heterocycles. The van der Waals surface area contributed by atoms with Crippen LogP contribution in [0.25, 0.3) is 0 Å².